The van der Waals surface area contributed by atoms with Gasteiger partial charge in [0.25, 0.3) is 0 Å². The maximum Gasteiger partial charge on any atom is 0.306 e. The third kappa shape index (κ3) is 70.3. The van der Waals surface area contributed by atoms with E-state index in [4.69, 9.17) is 14.2 Å². The van der Waals surface area contributed by atoms with E-state index in [-0.39, 0.29) is 31.1 Å². The van der Waals surface area contributed by atoms with Gasteiger partial charge in [-0.2, -0.15) is 0 Å². The van der Waals surface area contributed by atoms with Crippen molar-refractivity contribution in [1.82, 2.24) is 0 Å². The molecule has 0 aromatic heterocycles. The van der Waals surface area contributed by atoms with E-state index in [2.05, 4.69) is 57.2 Å². The fraction of sp³-hybridized carbons (Fsp3) is 0.883. The zero-order valence-corrected chi connectivity index (χ0v) is 56.2. The maximum absolute atomic E-state index is 13.0. The Labute approximate surface area is 518 Å². The predicted molar refractivity (Wildman–Crippen MR) is 362 cm³/mol. The van der Waals surface area contributed by atoms with E-state index in [0.717, 1.165) is 64.2 Å². The Bertz CT molecular complexity index is 1380. The molecule has 83 heavy (non-hydrogen) atoms. The number of allylic oxidation sites excluding steroid dienone is 6. The van der Waals surface area contributed by atoms with Crippen LogP contribution >= 0.6 is 0 Å². The van der Waals surface area contributed by atoms with Crippen molar-refractivity contribution in [3.8, 4) is 0 Å². The number of carbonyl (C=O) groups is 3. The monoisotopic (exact) mass is 1170 g/mol. The number of esters is 3. The van der Waals surface area contributed by atoms with Crippen LogP contribution in [0.15, 0.2) is 36.5 Å². The van der Waals surface area contributed by atoms with Crippen LogP contribution in [0.4, 0.5) is 0 Å². The lowest BCUT2D eigenvalue weighted by Gasteiger charge is -2.18. The lowest BCUT2D eigenvalue weighted by molar-refractivity contribution is -0.167. The Morgan fingerprint density at radius 3 is 0.602 bits per heavy atom. The Morgan fingerprint density at radius 1 is 0.229 bits per heavy atom. The number of carbonyl (C=O) groups excluding carboxylic acids is 3. The second-order valence-corrected chi connectivity index (χ2v) is 25.6. The molecular formula is C77H144O6. The number of hydrogen-bond donors (Lipinski definition) is 0. The third-order valence-corrected chi connectivity index (χ3v) is 17.1. The van der Waals surface area contributed by atoms with Gasteiger partial charge in [-0.15, -0.1) is 0 Å². The van der Waals surface area contributed by atoms with Crippen LogP contribution in [0.2, 0.25) is 0 Å². The molecule has 0 radical (unpaired) electrons. The summed E-state index contributed by atoms with van der Waals surface area (Å²) in [6.45, 7) is 6.71. The third-order valence-electron chi connectivity index (χ3n) is 17.1. The molecular weight excluding hydrogens is 1020 g/mol. The van der Waals surface area contributed by atoms with Crippen molar-refractivity contribution in [2.75, 3.05) is 13.2 Å². The van der Waals surface area contributed by atoms with Crippen molar-refractivity contribution in [1.29, 1.82) is 0 Å². The van der Waals surface area contributed by atoms with Gasteiger partial charge >= 0.3 is 17.9 Å². The van der Waals surface area contributed by atoms with Crippen molar-refractivity contribution in [2.24, 2.45) is 0 Å². The van der Waals surface area contributed by atoms with Crippen molar-refractivity contribution in [3.63, 3.8) is 0 Å². The SMILES string of the molecule is CCCCCCCC/C=C\CCCCCCCC(=O)OCC(COC(=O)CCCCCCCCCCCCCCCCC/C=C\CCCCCCCCCC)OC(=O)CCCCCCCCCCCCC/C=C\CCCCCCCCCC. The van der Waals surface area contributed by atoms with Gasteiger partial charge in [-0.1, -0.05) is 340 Å². The van der Waals surface area contributed by atoms with E-state index >= 15 is 0 Å². The summed E-state index contributed by atoms with van der Waals surface area (Å²) in [7, 11) is 0. The van der Waals surface area contributed by atoms with Gasteiger partial charge in [0.05, 0.1) is 0 Å². The molecule has 0 saturated heterocycles. The smallest absolute Gasteiger partial charge is 0.306 e. The van der Waals surface area contributed by atoms with E-state index < -0.39 is 6.10 Å². The largest absolute Gasteiger partial charge is 0.462 e. The summed E-state index contributed by atoms with van der Waals surface area (Å²) in [4.78, 5) is 38.5. The van der Waals surface area contributed by atoms with Crippen molar-refractivity contribution in [2.45, 2.75) is 425 Å². The molecule has 6 heteroatoms. The number of rotatable bonds is 70. The highest BCUT2D eigenvalue weighted by molar-refractivity contribution is 5.71. The molecule has 0 bridgehead atoms. The van der Waals surface area contributed by atoms with E-state index in [0.29, 0.717) is 19.3 Å². The van der Waals surface area contributed by atoms with Gasteiger partial charge in [-0.25, -0.2) is 0 Å². The van der Waals surface area contributed by atoms with Crippen LogP contribution in [-0.2, 0) is 28.6 Å². The highest BCUT2D eigenvalue weighted by Gasteiger charge is 2.20. The first-order chi connectivity index (χ1) is 41.0. The quantitative estimate of drug-likeness (QED) is 0.0261. The normalized spacial score (nSPS) is 12.2. The zero-order chi connectivity index (χ0) is 59.9. The summed E-state index contributed by atoms with van der Waals surface area (Å²) in [5.74, 6) is -0.849. The summed E-state index contributed by atoms with van der Waals surface area (Å²) >= 11 is 0. The molecule has 6 nitrogen and oxygen atoms in total. The van der Waals surface area contributed by atoms with Gasteiger partial charge < -0.3 is 14.2 Å². The molecule has 488 valence electrons. The minimum Gasteiger partial charge on any atom is -0.462 e. The van der Waals surface area contributed by atoms with Crippen molar-refractivity contribution in [3.05, 3.63) is 36.5 Å². The topological polar surface area (TPSA) is 78.9 Å². The molecule has 0 heterocycles. The minimum atomic E-state index is -0.776. The fourth-order valence-corrected chi connectivity index (χ4v) is 11.4. The predicted octanol–water partition coefficient (Wildman–Crippen LogP) is 25.9. The first kappa shape index (κ1) is 80.6. The minimum absolute atomic E-state index is 0.0704. The summed E-state index contributed by atoms with van der Waals surface area (Å²) < 4.78 is 17.0. The van der Waals surface area contributed by atoms with Crippen LogP contribution in [0.1, 0.15) is 419 Å². The Balaban J connectivity index is 4.25. The van der Waals surface area contributed by atoms with Crippen LogP contribution in [0.5, 0.6) is 0 Å². The van der Waals surface area contributed by atoms with Crippen LogP contribution in [-0.4, -0.2) is 37.2 Å². The highest BCUT2D eigenvalue weighted by atomic mass is 16.6. The van der Waals surface area contributed by atoms with Crippen LogP contribution in [0.25, 0.3) is 0 Å². The van der Waals surface area contributed by atoms with Gasteiger partial charge in [-0.3, -0.25) is 14.4 Å². The summed E-state index contributed by atoms with van der Waals surface area (Å²) in [6, 6.07) is 0. The molecule has 0 amide bonds. The molecule has 0 aliphatic rings. The average molecular weight is 1170 g/mol. The summed E-state index contributed by atoms with van der Waals surface area (Å²) in [6.07, 6.45) is 90.4. The van der Waals surface area contributed by atoms with Gasteiger partial charge in [0, 0.05) is 19.3 Å². The fourth-order valence-electron chi connectivity index (χ4n) is 11.4. The average Bonchev–Trinajstić information content (AvgIpc) is 3.49. The number of hydrogen-bond acceptors (Lipinski definition) is 6. The van der Waals surface area contributed by atoms with Gasteiger partial charge in [0.15, 0.2) is 6.10 Å². The van der Waals surface area contributed by atoms with Crippen LogP contribution < -0.4 is 0 Å². The maximum atomic E-state index is 13.0. The molecule has 0 aliphatic heterocycles. The second-order valence-electron chi connectivity index (χ2n) is 25.6. The summed E-state index contributed by atoms with van der Waals surface area (Å²) in [5.41, 5.74) is 0. The Morgan fingerprint density at radius 2 is 0.398 bits per heavy atom. The molecule has 0 spiro atoms. The summed E-state index contributed by atoms with van der Waals surface area (Å²) in [5, 5.41) is 0. The molecule has 0 saturated carbocycles. The van der Waals surface area contributed by atoms with Crippen LogP contribution in [0, 0.1) is 0 Å². The zero-order valence-electron chi connectivity index (χ0n) is 56.2. The highest BCUT2D eigenvalue weighted by Crippen LogP contribution is 2.19. The van der Waals surface area contributed by atoms with Gasteiger partial charge in [-0.05, 0) is 96.3 Å². The number of ether oxygens (including phenoxy) is 3. The lowest BCUT2D eigenvalue weighted by Crippen LogP contribution is -2.30. The van der Waals surface area contributed by atoms with E-state index in [1.165, 1.54) is 315 Å². The molecule has 0 aliphatic carbocycles. The molecule has 1 atom stereocenters. The van der Waals surface area contributed by atoms with Crippen LogP contribution in [0.3, 0.4) is 0 Å². The van der Waals surface area contributed by atoms with E-state index in [1.54, 1.807) is 0 Å². The molecule has 0 aromatic rings. The lowest BCUT2D eigenvalue weighted by atomic mass is 10.0. The molecule has 0 fully saturated rings. The van der Waals surface area contributed by atoms with Gasteiger partial charge in [0.1, 0.15) is 13.2 Å². The Hall–Kier alpha value is -2.37. The number of unbranched alkanes of at least 4 members (excludes halogenated alkanes) is 53. The molecule has 0 rings (SSSR count). The standard InChI is InChI=1S/C77H144O6/c1-4-7-10-13-16-19-22-25-28-30-32-34-36-37-38-39-41-42-44-46-49-52-55-58-61-64-67-70-76(79)82-73-74(72-81-75(78)69-66-63-60-57-54-51-48-27-24-21-18-15-12-9-6-3)83-77(80)71-68-65-62-59-56-53-50-47-45-43-40-35-33-31-29-26-23-20-17-14-11-8-5-2/h27,30-33,48,74H,4-26,28-29,34-47,49-73H2,1-3H3/b32-30-,33-31-,48-27-. The van der Waals surface area contributed by atoms with E-state index in [1.807, 2.05) is 0 Å². The second kappa shape index (κ2) is 72.1. The molecule has 0 aromatic carbocycles. The molecule has 0 N–H and O–H groups in total. The van der Waals surface area contributed by atoms with Crippen molar-refractivity contribution < 1.29 is 28.6 Å². The molecule has 1 unspecified atom stereocenters. The first-order valence-electron chi connectivity index (χ1n) is 37.5. The first-order valence-corrected chi connectivity index (χ1v) is 37.5. The van der Waals surface area contributed by atoms with Crippen molar-refractivity contribution >= 4 is 17.9 Å². The van der Waals surface area contributed by atoms with Gasteiger partial charge in [0.2, 0.25) is 0 Å². The van der Waals surface area contributed by atoms with E-state index in [9.17, 15) is 14.4 Å². The Kier molecular flexibility index (Phi) is 70.0.